The highest BCUT2D eigenvalue weighted by Gasteiger charge is 2.21. The average molecular weight is 279 g/mol. The van der Waals surface area contributed by atoms with Crippen molar-refractivity contribution in [3.63, 3.8) is 0 Å². The van der Waals surface area contributed by atoms with E-state index in [9.17, 15) is 9.59 Å². The first kappa shape index (κ1) is 16.2. The summed E-state index contributed by atoms with van der Waals surface area (Å²) in [6, 6.07) is 6.86. The maximum absolute atomic E-state index is 11.9. The monoisotopic (exact) mass is 279 g/mol. The van der Waals surface area contributed by atoms with Gasteiger partial charge in [0.25, 0.3) is 0 Å². The molecule has 20 heavy (non-hydrogen) atoms. The summed E-state index contributed by atoms with van der Waals surface area (Å²) in [4.78, 5) is 22.8. The van der Waals surface area contributed by atoms with Crippen LogP contribution in [0.5, 0.6) is 0 Å². The van der Waals surface area contributed by atoms with Crippen molar-refractivity contribution in [2.45, 2.75) is 32.2 Å². The predicted octanol–water partition coefficient (Wildman–Crippen LogP) is 1.70. The molecule has 1 rings (SSSR count). The molecule has 1 amide bonds. The number of carbonyl (C=O) groups is 2. The van der Waals surface area contributed by atoms with Gasteiger partial charge in [-0.2, -0.15) is 0 Å². The minimum atomic E-state index is -1.09. The van der Waals surface area contributed by atoms with Gasteiger partial charge >= 0.3 is 5.97 Å². The maximum Gasteiger partial charge on any atom is 0.328 e. The van der Waals surface area contributed by atoms with Crippen LogP contribution in [0.3, 0.4) is 0 Å². The Labute approximate surface area is 118 Å². The number of amides is 1. The fourth-order valence-electron chi connectivity index (χ4n) is 2.12. The molecule has 0 saturated heterocycles. The number of ether oxygens (including phenoxy) is 1. The van der Waals surface area contributed by atoms with E-state index in [0.717, 1.165) is 11.1 Å². The number of hydrogen-bond acceptors (Lipinski definition) is 3. The summed E-state index contributed by atoms with van der Waals surface area (Å²) in [5.41, 5.74) is 2.22. The molecule has 2 N–H and O–H groups in total. The molecule has 2 unspecified atom stereocenters. The second-order valence-corrected chi connectivity index (χ2v) is 4.88. The second-order valence-electron chi connectivity index (χ2n) is 4.88. The number of nitrogens with one attached hydrogen (secondary N) is 1. The zero-order valence-corrected chi connectivity index (χ0v) is 12.1. The Balaban J connectivity index is 2.62. The number of carboxylic acid groups (broad SMARTS) is 1. The van der Waals surface area contributed by atoms with E-state index in [1.165, 1.54) is 7.11 Å². The normalized spacial score (nSPS) is 13.6. The summed E-state index contributed by atoms with van der Waals surface area (Å²) >= 11 is 0. The molecule has 0 spiro atoms. The molecule has 0 aliphatic heterocycles. The summed E-state index contributed by atoms with van der Waals surface area (Å²) in [5.74, 6) is -1.35. The van der Waals surface area contributed by atoms with Crippen LogP contribution in [0.25, 0.3) is 0 Å². The molecule has 1 aromatic rings. The Bertz CT molecular complexity index is 473. The van der Waals surface area contributed by atoms with Gasteiger partial charge in [-0.25, -0.2) is 4.79 Å². The zero-order chi connectivity index (χ0) is 15.1. The van der Waals surface area contributed by atoms with E-state index >= 15 is 0 Å². The number of aliphatic carboxylic acids is 1. The number of methoxy groups -OCH3 is 1. The van der Waals surface area contributed by atoms with Gasteiger partial charge in [-0.15, -0.1) is 0 Å². The van der Waals surface area contributed by atoms with E-state index < -0.39 is 12.0 Å². The first-order valence-electron chi connectivity index (χ1n) is 6.52. The van der Waals surface area contributed by atoms with Gasteiger partial charge in [-0.3, -0.25) is 4.79 Å². The molecule has 0 aromatic heterocycles. The van der Waals surface area contributed by atoms with Gasteiger partial charge in [0.2, 0.25) is 5.91 Å². The molecule has 0 aliphatic carbocycles. The van der Waals surface area contributed by atoms with E-state index in [4.69, 9.17) is 9.84 Å². The minimum Gasteiger partial charge on any atom is -0.480 e. The first-order valence-corrected chi connectivity index (χ1v) is 6.52. The van der Waals surface area contributed by atoms with Crippen LogP contribution in [-0.2, 0) is 14.3 Å². The maximum atomic E-state index is 11.9. The fourth-order valence-corrected chi connectivity index (χ4v) is 2.12. The van der Waals surface area contributed by atoms with Crippen LogP contribution in [0.4, 0.5) is 0 Å². The quantitative estimate of drug-likeness (QED) is 0.796. The van der Waals surface area contributed by atoms with Crippen LogP contribution in [0.1, 0.15) is 30.4 Å². The average Bonchev–Trinajstić information content (AvgIpc) is 2.38. The Kier molecular flexibility index (Phi) is 6.18. The number of aryl methyl sites for hydroxylation is 1. The fraction of sp³-hybridized carbons (Fsp3) is 0.467. The van der Waals surface area contributed by atoms with Crippen molar-refractivity contribution in [3.05, 3.63) is 35.4 Å². The summed E-state index contributed by atoms with van der Waals surface area (Å²) in [6.45, 7) is 3.91. The molecule has 0 saturated carbocycles. The Morgan fingerprint density at radius 3 is 2.55 bits per heavy atom. The molecule has 0 aliphatic rings. The summed E-state index contributed by atoms with van der Waals surface area (Å²) in [5, 5.41) is 11.4. The van der Waals surface area contributed by atoms with E-state index in [2.05, 4.69) is 5.32 Å². The molecule has 1 aromatic carbocycles. The van der Waals surface area contributed by atoms with Gasteiger partial charge in [0.1, 0.15) is 0 Å². The van der Waals surface area contributed by atoms with Crippen LogP contribution in [-0.4, -0.2) is 36.7 Å². The van der Waals surface area contributed by atoms with Gasteiger partial charge in [0.15, 0.2) is 6.04 Å². The molecule has 0 bridgehead atoms. The van der Waals surface area contributed by atoms with Crippen LogP contribution in [0.2, 0.25) is 0 Å². The van der Waals surface area contributed by atoms with Gasteiger partial charge < -0.3 is 15.2 Å². The van der Waals surface area contributed by atoms with Crippen LogP contribution < -0.4 is 5.32 Å². The van der Waals surface area contributed by atoms with Crippen LogP contribution in [0.15, 0.2) is 24.3 Å². The molecule has 0 fully saturated rings. The Morgan fingerprint density at radius 1 is 1.35 bits per heavy atom. The minimum absolute atomic E-state index is 0.0354. The number of benzene rings is 1. The van der Waals surface area contributed by atoms with Crippen molar-refractivity contribution in [1.29, 1.82) is 0 Å². The lowest BCUT2D eigenvalue weighted by Gasteiger charge is -2.17. The molecule has 110 valence electrons. The van der Waals surface area contributed by atoms with E-state index in [1.54, 1.807) is 0 Å². The molecular weight excluding hydrogens is 258 g/mol. The SMILES string of the molecule is COCC(NC(=O)CC(C)c1ccccc1C)C(=O)O. The first-order chi connectivity index (χ1) is 9.45. The topological polar surface area (TPSA) is 75.6 Å². The Morgan fingerprint density at radius 2 is 2.00 bits per heavy atom. The highest BCUT2D eigenvalue weighted by atomic mass is 16.5. The summed E-state index contributed by atoms with van der Waals surface area (Å²) in [6.07, 6.45) is 0.248. The third-order valence-corrected chi connectivity index (χ3v) is 3.18. The number of rotatable bonds is 7. The lowest BCUT2D eigenvalue weighted by atomic mass is 9.93. The number of carbonyl (C=O) groups excluding carboxylic acids is 1. The number of carboxylic acids is 1. The third-order valence-electron chi connectivity index (χ3n) is 3.18. The molecular formula is C15H21NO4. The molecule has 5 heteroatoms. The smallest absolute Gasteiger partial charge is 0.328 e. The van der Waals surface area contributed by atoms with Crippen LogP contribution >= 0.6 is 0 Å². The summed E-state index contributed by atoms with van der Waals surface area (Å²) < 4.78 is 4.78. The highest BCUT2D eigenvalue weighted by Crippen LogP contribution is 2.22. The predicted molar refractivity (Wildman–Crippen MR) is 75.7 cm³/mol. The lowest BCUT2D eigenvalue weighted by molar-refractivity contribution is -0.143. The van der Waals surface area contributed by atoms with Crippen molar-refractivity contribution < 1.29 is 19.4 Å². The second kappa shape index (κ2) is 7.65. The van der Waals surface area contributed by atoms with E-state index in [-0.39, 0.29) is 24.9 Å². The van der Waals surface area contributed by atoms with E-state index in [0.29, 0.717) is 0 Å². The molecule has 2 atom stereocenters. The van der Waals surface area contributed by atoms with Crippen molar-refractivity contribution in [1.82, 2.24) is 5.32 Å². The Hall–Kier alpha value is -1.88. The van der Waals surface area contributed by atoms with E-state index in [1.807, 2.05) is 38.1 Å². The molecule has 5 nitrogen and oxygen atoms in total. The van der Waals surface area contributed by atoms with Crippen molar-refractivity contribution in [2.24, 2.45) is 0 Å². The lowest BCUT2D eigenvalue weighted by Crippen LogP contribution is -2.44. The van der Waals surface area contributed by atoms with Crippen molar-refractivity contribution in [2.75, 3.05) is 13.7 Å². The zero-order valence-electron chi connectivity index (χ0n) is 12.1. The molecule has 0 radical (unpaired) electrons. The van der Waals surface area contributed by atoms with Gasteiger partial charge in [-0.1, -0.05) is 31.2 Å². The highest BCUT2D eigenvalue weighted by molar-refractivity contribution is 5.84. The largest absolute Gasteiger partial charge is 0.480 e. The molecule has 0 heterocycles. The van der Waals surface area contributed by atoms with Crippen molar-refractivity contribution >= 4 is 11.9 Å². The van der Waals surface area contributed by atoms with Crippen molar-refractivity contribution in [3.8, 4) is 0 Å². The standard InChI is InChI=1S/C15H21NO4/c1-10-6-4-5-7-12(10)11(2)8-14(17)16-13(9-20-3)15(18)19/h4-7,11,13H,8-9H2,1-3H3,(H,16,17)(H,18,19). The van der Waals surface area contributed by atoms with Crippen LogP contribution in [0, 0.1) is 6.92 Å². The van der Waals surface area contributed by atoms with Gasteiger partial charge in [0, 0.05) is 13.5 Å². The number of hydrogen-bond donors (Lipinski definition) is 2. The van der Waals surface area contributed by atoms with Gasteiger partial charge in [-0.05, 0) is 24.0 Å². The summed E-state index contributed by atoms with van der Waals surface area (Å²) in [7, 11) is 1.40. The third kappa shape index (κ3) is 4.66. The van der Waals surface area contributed by atoms with Gasteiger partial charge in [0.05, 0.1) is 6.61 Å².